The van der Waals surface area contributed by atoms with Crippen LogP contribution in [-0.2, 0) is 24.4 Å². The molecule has 0 spiro atoms. The maximum absolute atomic E-state index is 13.1. The van der Waals surface area contributed by atoms with E-state index < -0.39 is 0 Å². The monoisotopic (exact) mass is 438 g/mol. The summed E-state index contributed by atoms with van der Waals surface area (Å²) in [4.78, 5) is 44.2. The van der Waals surface area contributed by atoms with Crippen molar-refractivity contribution in [3.8, 4) is 0 Å². The fourth-order valence-corrected chi connectivity index (χ4v) is 4.49. The molecule has 3 aromatic rings. The molecule has 1 aliphatic heterocycles. The Balaban J connectivity index is 1.41. The lowest BCUT2D eigenvalue weighted by Crippen LogP contribution is -2.36. The van der Waals surface area contributed by atoms with Gasteiger partial charge in [0.05, 0.1) is 17.0 Å². The van der Waals surface area contributed by atoms with Crippen LogP contribution in [0.5, 0.6) is 0 Å². The number of carbonyl (C=O) groups excluding carboxylic acids is 2. The van der Waals surface area contributed by atoms with Crippen LogP contribution in [0.1, 0.15) is 36.5 Å². The summed E-state index contributed by atoms with van der Waals surface area (Å²) in [6.45, 7) is 9.07. The van der Waals surface area contributed by atoms with Crippen LogP contribution in [0.25, 0.3) is 11.0 Å². The summed E-state index contributed by atoms with van der Waals surface area (Å²) in [6.07, 6.45) is 4.28. The van der Waals surface area contributed by atoms with Crippen molar-refractivity contribution in [2.75, 3.05) is 19.6 Å². The molecule has 1 saturated heterocycles. The maximum Gasteiger partial charge on any atom is 0.329 e. The van der Waals surface area contributed by atoms with Gasteiger partial charge in [0.15, 0.2) is 0 Å². The zero-order valence-corrected chi connectivity index (χ0v) is 18.9. The predicted molar refractivity (Wildman–Crippen MR) is 122 cm³/mol. The molecular formula is C23H30N6O3. The molecule has 0 saturated carbocycles. The minimum absolute atomic E-state index is 0.0200. The Morgan fingerprint density at radius 1 is 1.16 bits per heavy atom. The number of hydrogen-bond donors (Lipinski definition) is 1. The molecule has 1 aliphatic rings. The highest BCUT2D eigenvalue weighted by Gasteiger charge is 2.31. The molecule has 1 atom stereocenters. The summed E-state index contributed by atoms with van der Waals surface area (Å²) in [6, 6.07) is 5.42. The molecule has 0 radical (unpaired) electrons. The molecule has 32 heavy (non-hydrogen) atoms. The van der Waals surface area contributed by atoms with Gasteiger partial charge >= 0.3 is 5.69 Å². The second-order valence-electron chi connectivity index (χ2n) is 8.17. The Hall–Kier alpha value is -3.36. The van der Waals surface area contributed by atoms with E-state index in [1.165, 1.54) is 0 Å². The summed E-state index contributed by atoms with van der Waals surface area (Å²) in [5.41, 5.74) is 2.10. The minimum Gasteiger partial charge on any atom is -0.354 e. The van der Waals surface area contributed by atoms with Crippen LogP contribution in [0.15, 0.2) is 35.4 Å². The Morgan fingerprint density at radius 2 is 1.91 bits per heavy atom. The van der Waals surface area contributed by atoms with Gasteiger partial charge in [-0.15, -0.1) is 0 Å². The van der Waals surface area contributed by atoms with E-state index in [1.54, 1.807) is 32.4 Å². The van der Waals surface area contributed by atoms with Gasteiger partial charge < -0.3 is 14.8 Å². The molecule has 4 rings (SSSR count). The Bertz CT molecular complexity index is 1200. The van der Waals surface area contributed by atoms with Crippen LogP contribution in [0, 0.1) is 12.8 Å². The van der Waals surface area contributed by atoms with E-state index in [0.717, 1.165) is 16.9 Å². The summed E-state index contributed by atoms with van der Waals surface area (Å²) in [5.74, 6) is 0.585. The van der Waals surface area contributed by atoms with Crippen molar-refractivity contribution in [3.63, 3.8) is 0 Å². The lowest BCUT2D eigenvalue weighted by Gasteiger charge is -2.17. The first-order valence-corrected chi connectivity index (χ1v) is 11.2. The van der Waals surface area contributed by atoms with E-state index in [1.807, 2.05) is 37.6 Å². The van der Waals surface area contributed by atoms with E-state index in [4.69, 9.17) is 0 Å². The van der Waals surface area contributed by atoms with Crippen LogP contribution >= 0.6 is 0 Å². The average molecular weight is 439 g/mol. The zero-order chi connectivity index (χ0) is 22.8. The molecule has 0 bridgehead atoms. The van der Waals surface area contributed by atoms with E-state index in [-0.39, 0.29) is 23.4 Å². The fourth-order valence-electron chi connectivity index (χ4n) is 4.49. The molecule has 9 heteroatoms. The normalized spacial score (nSPS) is 16.1. The van der Waals surface area contributed by atoms with Crippen molar-refractivity contribution in [1.29, 1.82) is 0 Å². The molecule has 170 valence electrons. The molecular weight excluding hydrogens is 408 g/mol. The van der Waals surface area contributed by atoms with Gasteiger partial charge in [0.2, 0.25) is 5.91 Å². The molecule has 2 amide bonds. The van der Waals surface area contributed by atoms with Gasteiger partial charge in [0.25, 0.3) is 5.91 Å². The van der Waals surface area contributed by atoms with Crippen molar-refractivity contribution in [2.45, 2.75) is 46.8 Å². The Labute approximate surface area is 186 Å². The maximum atomic E-state index is 13.1. The minimum atomic E-state index is -0.207. The fraction of sp³-hybridized carbons (Fsp3) is 0.478. The first kappa shape index (κ1) is 21.9. The highest BCUT2D eigenvalue weighted by molar-refractivity contribution is 5.98. The second-order valence-corrected chi connectivity index (χ2v) is 8.17. The van der Waals surface area contributed by atoms with Crippen molar-refractivity contribution < 1.29 is 9.59 Å². The topological polar surface area (TPSA) is 94.2 Å². The third kappa shape index (κ3) is 3.94. The number of amides is 2. The Morgan fingerprint density at radius 3 is 2.59 bits per heavy atom. The van der Waals surface area contributed by atoms with Crippen LogP contribution < -0.4 is 11.0 Å². The number of carbonyl (C=O) groups is 2. The highest BCUT2D eigenvalue weighted by Crippen LogP contribution is 2.22. The van der Waals surface area contributed by atoms with Crippen LogP contribution in [-0.4, -0.2) is 55.0 Å². The molecule has 1 N–H and O–H groups in total. The molecule has 1 aromatic carbocycles. The second kappa shape index (κ2) is 9.02. The standard InChI is InChI=1S/C23H30N6O3/c1-4-28-19-7-6-17(14-20(19)29(5-2)23(28)32)22(31)27-11-8-18(15-27)21(30)25-10-13-26-12-9-24-16(26)3/h6-7,9,12,14,18H,4-5,8,10-11,13,15H2,1-3H3,(H,25,30). The summed E-state index contributed by atoms with van der Waals surface area (Å²) < 4.78 is 5.40. The van der Waals surface area contributed by atoms with Crippen molar-refractivity contribution >= 4 is 22.8 Å². The number of aromatic nitrogens is 4. The van der Waals surface area contributed by atoms with Crippen LogP contribution in [0.4, 0.5) is 0 Å². The Kier molecular flexibility index (Phi) is 6.16. The number of benzene rings is 1. The van der Waals surface area contributed by atoms with E-state index in [9.17, 15) is 14.4 Å². The van der Waals surface area contributed by atoms with Crippen molar-refractivity contribution in [2.24, 2.45) is 5.92 Å². The quantitative estimate of drug-likeness (QED) is 0.607. The number of likely N-dealkylation sites (tertiary alicyclic amines) is 1. The van der Waals surface area contributed by atoms with Crippen LogP contribution in [0.2, 0.25) is 0 Å². The third-order valence-electron chi connectivity index (χ3n) is 6.32. The van der Waals surface area contributed by atoms with Crippen LogP contribution in [0.3, 0.4) is 0 Å². The highest BCUT2D eigenvalue weighted by atomic mass is 16.2. The molecule has 2 aromatic heterocycles. The number of nitrogens with one attached hydrogen (secondary N) is 1. The summed E-state index contributed by atoms with van der Waals surface area (Å²) in [7, 11) is 0. The van der Waals surface area contributed by atoms with Gasteiger partial charge in [-0.2, -0.15) is 0 Å². The van der Waals surface area contributed by atoms with Gasteiger partial charge in [0.1, 0.15) is 5.82 Å². The first-order chi connectivity index (χ1) is 15.4. The zero-order valence-electron chi connectivity index (χ0n) is 18.9. The van der Waals surface area contributed by atoms with Crippen molar-refractivity contribution in [3.05, 3.63) is 52.5 Å². The van der Waals surface area contributed by atoms with Gasteiger partial charge in [-0.1, -0.05) is 0 Å². The molecule has 9 nitrogen and oxygen atoms in total. The molecule has 1 unspecified atom stereocenters. The van der Waals surface area contributed by atoms with E-state index >= 15 is 0 Å². The number of aryl methyl sites for hydroxylation is 3. The van der Waals surface area contributed by atoms with Crippen molar-refractivity contribution in [1.82, 2.24) is 28.9 Å². The largest absolute Gasteiger partial charge is 0.354 e. The first-order valence-electron chi connectivity index (χ1n) is 11.2. The van der Waals surface area contributed by atoms with Gasteiger partial charge in [0, 0.05) is 57.2 Å². The number of nitrogens with zero attached hydrogens (tertiary/aromatic N) is 5. The van der Waals surface area contributed by atoms with Gasteiger partial charge in [-0.3, -0.25) is 18.7 Å². The molecule has 0 aliphatic carbocycles. The van der Waals surface area contributed by atoms with Gasteiger partial charge in [-0.25, -0.2) is 9.78 Å². The smallest absolute Gasteiger partial charge is 0.329 e. The lowest BCUT2D eigenvalue weighted by atomic mass is 10.1. The van der Waals surface area contributed by atoms with E-state index in [0.29, 0.717) is 51.3 Å². The summed E-state index contributed by atoms with van der Waals surface area (Å²) in [5, 5.41) is 2.98. The average Bonchev–Trinajstić information content (AvgIpc) is 3.50. The number of rotatable bonds is 7. The predicted octanol–water partition coefficient (Wildman–Crippen LogP) is 1.63. The number of hydrogen-bond acceptors (Lipinski definition) is 4. The molecule has 3 heterocycles. The number of fused-ring (bicyclic) bond motifs is 1. The molecule has 1 fully saturated rings. The summed E-state index contributed by atoms with van der Waals surface area (Å²) >= 11 is 0. The lowest BCUT2D eigenvalue weighted by molar-refractivity contribution is -0.124. The SMILES string of the molecule is CCn1c(=O)n(CC)c2cc(C(=O)N3CCC(C(=O)NCCn4ccnc4C)C3)ccc21. The van der Waals surface area contributed by atoms with Gasteiger partial charge in [-0.05, 0) is 45.4 Å². The number of imidazole rings is 2. The van der Waals surface area contributed by atoms with E-state index in [2.05, 4.69) is 10.3 Å². The third-order valence-corrected chi connectivity index (χ3v) is 6.32.